The lowest BCUT2D eigenvalue weighted by Gasteiger charge is -2.25. The van der Waals surface area contributed by atoms with Crippen molar-refractivity contribution in [2.75, 3.05) is 26.2 Å². The SMILES string of the molecule is O=C(COc1cccnc1)N(Cc1cccnc1)C[C@H]1CCNC1. The van der Waals surface area contributed by atoms with Crippen LogP contribution < -0.4 is 10.1 Å². The molecule has 0 aromatic carbocycles. The van der Waals surface area contributed by atoms with E-state index in [1.54, 1.807) is 36.9 Å². The fourth-order valence-electron chi connectivity index (χ4n) is 2.82. The van der Waals surface area contributed by atoms with Crippen molar-refractivity contribution in [1.82, 2.24) is 20.2 Å². The summed E-state index contributed by atoms with van der Waals surface area (Å²) in [5.74, 6) is 1.08. The maximum Gasteiger partial charge on any atom is 0.260 e. The molecule has 24 heavy (non-hydrogen) atoms. The summed E-state index contributed by atoms with van der Waals surface area (Å²) in [5.41, 5.74) is 1.03. The van der Waals surface area contributed by atoms with Gasteiger partial charge in [-0.2, -0.15) is 0 Å². The minimum atomic E-state index is -0.0189. The van der Waals surface area contributed by atoms with Gasteiger partial charge in [-0.15, -0.1) is 0 Å². The molecule has 3 rings (SSSR count). The van der Waals surface area contributed by atoms with Gasteiger partial charge in [0, 0.05) is 31.7 Å². The number of carbonyl (C=O) groups excluding carboxylic acids is 1. The number of pyridine rings is 2. The van der Waals surface area contributed by atoms with Crippen molar-refractivity contribution < 1.29 is 9.53 Å². The highest BCUT2D eigenvalue weighted by molar-refractivity contribution is 5.77. The van der Waals surface area contributed by atoms with E-state index >= 15 is 0 Å². The molecule has 0 bridgehead atoms. The van der Waals surface area contributed by atoms with Crippen molar-refractivity contribution in [1.29, 1.82) is 0 Å². The number of aromatic nitrogens is 2. The maximum atomic E-state index is 12.6. The van der Waals surface area contributed by atoms with Crippen LogP contribution in [-0.4, -0.2) is 47.0 Å². The zero-order valence-electron chi connectivity index (χ0n) is 13.6. The summed E-state index contributed by atoms with van der Waals surface area (Å²) >= 11 is 0. The van der Waals surface area contributed by atoms with Gasteiger partial charge >= 0.3 is 0 Å². The second kappa shape index (κ2) is 8.40. The van der Waals surface area contributed by atoms with Crippen LogP contribution >= 0.6 is 0 Å². The molecule has 0 aliphatic carbocycles. The van der Waals surface area contributed by atoms with Gasteiger partial charge in [-0.25, -0.2) is 0 Å². The van der Waals surface area contributed by atoms with Crippen LogP contribution in [0.2, 0.25) is 0 Å². The predicted molar refractivity (Wildman–Crippen MR) is 90.4 cm³/mol. The Morgan fingerprint density at radius 1 is 1.25 bits per heavy atom. The predicted octanol–water partition coefficient (Wildman–Crippen LogP) is 1.49. The van der Waals surface area contributed by atoms with Gasteiger partial charge in [-0.05, 0) is 49.2 Å². The highest BCUT2D eigenvalue weighted by Gasteiger charge is 2.22. The molecular weight excluding hydrogens is 304 g/mol. The smallest absolute Gasteiger partial charge is 0.260 e. The molecule has 3 heterocycles. The largest absolute Gasteiger partial charge is 0.482 e. The summed E-state index contributed by atoms with van der Waals surface area (Å²) in [6, 6.07) is 7.47. The first-order valence-electron chi connectivity index (χ1n) is 8.21. The molecule has 1 atom stereocenters. The molecule has 0 unspecified atom stereocenters. The van der Waals surface area contributed by atoms with Crippen molar-refractivity contribution in [3.63, 3.8) is 0 Å². The molecule has 0 radical (unpaired) electrons. The van der Waals surface area contributed by atoms with Crippen LogP contribution in [0.25, 0.3) is 0 Å². The Morgan fingerprint density at radius 2 is 2.08 bits per heavy atom. The van der Waals surface area contributed by atoms with Crippen LogP contribution in [-0.2, 0) is 11.3 Å². The Labute approximate surface area is 141 Å². The maximum absolute atomic E-state index is 12.6. The number of nitrogens with one attached hydrogen (secondary N) is 1. The van der Waals surface area contributed by atoms with Crippen molar-refractivity contribution in [3.05, 3.63) is 54.6 Å². The summed E-state index contributed by atoms with van der Waals surface area (Å²) in [6.45, 7) is 3.29. The summed E-state index contributed by atoms with van der Waals surface area (Å²) in [6.07, 6.45) is 7.92. The molecule has 1 fully saturated rings. The molecule has 1 N–H and O–H groups in total. The molecule has 6 nitrogen and oxygen atoms in total. The van der Waals surface area contributed by atoms with Crippen molar-refractivity contribution in [3.8, 4) is 5.75 Å². The molecule has 1 aliphatic rings. The minimum absolute atomic E-state index is 0.0189. The number of rotatable bonds is 7. The molecule has 1 aliphatic heterocycles. The lowest BCUT2D eigenvalue weighted by Crippen LogP contribution is -2.38. The fraction of sp³-hybridized carbons (Fsp3) is 0.389. The van der Waals surface area contributed by atoms with Gasteiger partial charge in [0.1, 0.15) is 5.75 Å². The molecule has 126 valence electrons. The third-order valence-electron chi connectivity index (χ3n) is 4.09. The number of hydrogen-bond acceptors (Lipinski definition) is 5. The van der Waals surface area contributed by atoms with Gasteiger partial charge in [0.15, 0.2) is 6.61 Å². The topological polar surface area (TPSA) is 67.3 Å². The third kappa shape index (κ3) is 4.76. The van der Waals surface area contributed by atoms with E-state index in [0.29, 0.717) is 18.2 Å². The Kier molecular flexibility index (Phi) is 5.74. The summed E-state index contributed by atoms with van der Waals surface area (Å²) in [5, 5.41) is 3.35. The first kappa shape index (κ1) is 16.4. The van der Waals surface area contributed by atoms with Gasteiger partial charge in [-0.1, -0.05) is 6.07 Å². The first-order chi connectivity index (χ1) is 11.8. The zero-order valence-corrected chi connectivity index (χ0v) is 13.6. The Morgan fingerprint density at radius 3 is 2.75 bits per heavy atom. The lowest BCUT2D eigenvalue weighted by molar-refractivity contribution is -0.134. The van der Waals surface area contributed by atoms with Crippen molar-refractivity contribution >= 4 is 5.91 Å². The molecular formula is C18H22N4O2. The Hall–Kier alpha value is -2.47. The number of ether oxygens (including phenoxy) is 1. The minimum Gasteiger partial charge on any atom is -0.482 e. The second-order valence-electron chi connectivity index (χ2n) is 5.97. The van der Waals surface area contributed by atoms with Gasteiger partial charge in [0.05, 0.1) is 6.20 Å². The number of carbonyl (C=O) groups is 1. The van der Waals surface area contributed by atoms with E-state index in [0.717, 1.165) is 31.6 Å². The highest BCUT2D eigenvalue weighted by atomic mass is 16.5. The average Bonchev–Trinajstić information content (AvgIpc) is 3.14. The van der Waals surface area contributed by atoms with E-state index in [9.17, 15) is 4.79 Å². The van der Waals surface area contributed by atoms with Crippen molar-refractivity contribution in [2.24, 2.45) is 5.92 Å². The van der Waals surface area contributed by atoms with Crippen LogP contribution in [0, 0.1) is 5.92 Å². The van der Waals surface area contributed by atoms with Crippen LogP contribution in [0.1, 0.15) is 12.0 Å². The van der Waals surface area contributed by atoms with E-state index in [2.05, 4.69) is 15.3 Å². The number of nitrogens with zero attached hydrogens (tertiary/aromatic N) is 3. The molecule has 1 saturated heterocycles. The summed E-state index contributed by atoms with van der Waals surface area (Å²) in [4.78, 5) is 22.6. The van der Waals surface area contributed by atoms with E-state index < -0.39 is 0 Å². The summed E-state index contributed by atoms with van der Waals surface area (Å²) in [7, 11) is 0. The van der Waals surface area contributed by atoms with Gasteiger partial charge in [0.2, 0.25) is 0 Å². The summed E-state index contributed by atoms with van der Waals surface area (Å²) < 4.78 is 5.57. The molecule has 2 aromatic heterocycles. The van der Waals surface area contributed by atoms with E-state index in [-0.39, 0.29) is 12.5 Å². The standard InChI is InChI=1S/C18H22N4O2/c23-18(14-24-17-4-2-7-20-11-17)22(13-16-5-8-21-10-16)12-15-3-1-6-19-9-15/h1-4,6-7,9,11,16,21H,5,8,10,12-14H2/t16-/m0/s1. The van der Waals surface area contributed by atoms with Crippen molar-refractivity contribution in [2.45, 2.75) is 13.0 Å². The average molecular weight is 326 g/mol. The van der Waals surface area contributed by atoms with Gasteiger partial charge in [-0.3, -0.25) is 14.8 Å². The van der Waals surface area contributed by atoms with Crippen LogP contribution in [0.5, 0.6) is 5.75 Å². The van der Waals surface area contributed by atoms with Gasteiger partial charge in [0.25, 0.3) is 5.91 Å². The molecule has 0 spiro atoms. The molecule has 0 saturated carbocycles. The number of amides is 1. The third-order valence-corrected chi connectivity index (χ3v) is 4.09. The van der Waals surface area contributed by atoms with E-state index in [1.807, 2.05) is 17.0 Å². The Bertz CT molecular complexity index is 630. The van der Waals surface area contributed by atoms with Crippen LogP contribution in [0.3, 0.4) is 0 Å². The first-order valence-corrected chi connectivity index (χ1v) is 8.21. The van der Waals surface area contributed by atoms with E-state index in [4.69, 9.17) is 4.74 Å². The molecule has 6 heteroatoms. The Balaban J connectivity index is 1.62. The zero-order chi connectivity index (χ0) is 16.6. The van der Waals surface area contributed by atoms with Crippen LogP contribution in [0.15, 0.2) is 49.1 Å². The van der Waals surface area contributed by atoms with Gasteiger partial charge < -0.3 is 15.0 Å². The molecule has 2 aromatic rings. The number of hydrogen-bond donors (Lipinski definition) is 1. The fourth-order valence-corrected chi connectivity index (χ4v) is 2.82. The highest BCUT2D eigenvalue weighted by Crippen LogP contribution is 2.14. The van der Waals surface area contributed by atoms with E-state index in [1.165, 1.54) is 0 Å². The lowest BCUT2D eigenvalue weighted by atomic mass is 10.1. The van der Waals surface area contributed by atoms with Crippen LogP contribution in [0.4, 0.5) is 0 Å². The normalized spacial score (nSPS) is 16.8. The quantitative estimate of drug-likeness (QED) is 0.835. The second-order valence-corrected chi connectivity index (χ2v) is 5.97. The molecule has 1 amide bonds. The monoisotopic (exact) mass is 326 g/mol.